The van der Waals surface area contributed by atoms with Crippen LogP contribution < -0.4 is 10.5 Å². The van der Waals surface area contributed by atoms with Crippen LogP contribution in [0.5, 0.6) is 11.5 Å². The maximum atomic E-state index is 14.1. The van der Waals surface area contributed by atoms with Gasteiger partial charge in [-0.1, -0.05) is 32.9 Å². The number of hydrogen-bond donors (Lipinski definition) is 5. The van der Waals surface area contributed by atoms with Gasteiger partial charge in [0.25, 0.3) is 5.91 Å². The number of Topliss-reactive ketones (excluding diaryl/α,β-unsaturated/α-hetero) is 2. The van der Waals surface area contributed by atoms with Gasteiger partial charge in [-0.05, 0) is 62.7 Å². The van der Waals surface area contributed by atoms with Gasteiger partial charge < -0.3 is 30.9 Å². The molecule has 6 N–H and O–H groups in total. The molecule has 0 saturated heterocycles. The van der Waals surface area contributed by atoms with E-state index in [0.29, 0.717) is 22.1 Å². The Labute approximate surface area is 244 Å². The molecule has 1 fully saturated rings. The van der Waals surface area contributed by atoms with Crippen LogP contribution in [-0.4, -0.2) is 75.6 Å². The fourth-order valence-corrected chi connectivity index (χ4v) is 7.03. The second-order valence-electron chi connectivity index (χ2n) is 13.1. The zero-order valence-electron chi connectivity index (χ0n) is 24.7. The summed E-state index contributed by atoms with van der Waals surface area (Å²) in [6.45, 7) is 6.44. The highest BCUT2D eigenvalue weighted by Gasteiger charge is 2.64. The largest absolute Gasteiger partial charge is 0.508 e. The van der Waals surface area contributed by atoms with Crippen molar-refractivity contribution < 1.29 is 39.5 Å². The summed E-state index contributed by atoms with van der Waals surface area (Å²) in [6.07, 6.45) is 1.85. The summed E-state index contributed by atoms with van der Waals surface area (Å²) < 4.78 is 5.81. The number of aliphatic hydroxyl groups is 3. The zero-order chi connectivity index (χ0) is 31.0. The van der Waals surface area contributed by atoms with Crippen molar-refractivity contribution in [3.63, 3.8) is 0 Å². The number of carbonyl (C=O) groups excluding carboxylic acids is 3. The van der Waals surface area contributed by atoms with Gasteiger partial charge in [0.2, 0.25) is 5.78 Å². The van der Waals surface area contributed by atoms with Crippen LogP contribution in [0.25, 0.3) is 16.5 Å². The summed E-state index contributed by atoms with van der Waals surface area (Å²) in [6, 6.07) is 4.57. The number of aliphatic hydroxyl groups excluding tert-OH is 2. The number of aromatic hydroxyl groups is 1. The van der Waals surface area contributed by atoms with Crippen LogP contribution in [0.15, 0.2) is 35.1 Å². The first kappa shape index (κ1) is 29.6. The first-order chi connectivity index (χ1) is 19.5. The van der Waals surface area contributed by atoms with Crippen LogP contribution in [0.1, 0.15) is 50.3 Å². The number of benzene rings is 2. The molecule has 3 aliphatic carbocycles. The van der Waals surface area contributed by atoms with Gasteiger partial charge >= 0.3 is 0 Å². The number of amides is 1. The highest BCUT2D eigenvalue weighted by molar-refractivity contribution is 6.24. The molecule has 1 amide bonds. The predicted molar refractivity (Wildman–Crippen MR) is 156 cm³/mol. The number of ether oxygens (including phenoxy) is 1. The molecule has 0 unspecified atom stereocenters. The molecular formula is C32H38N2O8. The van der Waals surface area contributed by atoms with Crippen LogP contribution in [0.4, 0.5) is 0 Å². The Morgan fingerprint density at radius 2 is 1.81 bits per heavy atom. The summed E-state index contributed by atoms with van der Waals surface area (Å²) in [5, 5.41) is 47.1. The number of phenolic OH excluding ortho intramolecular Hbond substituents is 1. The third-order valence-electron chi connectivity index (χ3n) is 9.08. The van der Waals surface area contributed by atoms with Crippen molar-refractivity contribution >= 4 is 34.0 Å². The van der Waals surface area contributed by atoms with Crippen LogP contribution in [0.2, 0.25) is 0 Å². The molecule has 2 aromatic rings. The number of fused-ring (bicyclic) bond motifs is 4. The number of aryl methyl sites for hydroxylation is 1. The second-order valence-corrected chi connectivity index (χ2v) is 13.1. The molecule has 3 aliphatic rings. The lowest BCUT2D eigenvalue weighted by molar-refractivity contribution is -0.153. The van der Waals surface area contributed by atoms with E-state index in [1.807, 2.05) is 18.2 Å². The molecule has 0 aromatic heterocycles. The number of nitrogens with zero attached hydrogens (tertiary/aromatic N) is 1. The van der Waals surface area contributed by atoms with Gasteiger partial charge in [0.1, 0.15) is 28.6 Å². The molecule has 10 heteroatoms. The number of ketones is 2. The van der Waals surface area contributed by atoms with E-state index in [2.05, 4.69) is 20.8 Å². The molecule has 0 bridgehead atoms. The van der Waals surface area contributed by atoms with Crippen molar-refractivity contribution in [2.45, 2.75) is 58.1 Å². The van der Waals surface area contributed by atoms with E-state index in [0.717, 1.165) is 18.4 Å². The zero-order valence-corrected chi connectivity index (χ0v) is 24.7. The molecule has 0 radical (unpaired) electrons. The Balaban J connectivity index is 1.73. The van der Waals surface area contributed by atoms with E-state index < -0.39 is 58.0 Å². The molecule has 224 valence electrons. The number of primary amides is 1. The minimum absolute atomic E-state index is 0.0133. The number of nitrogens with two attached hydrogens (primary N) is 1. The van der Waals surface area contributed by atoms with E-state index >= 15 is 0 Å². The number of rotatable bonds is 5. The summed E-state index contributed by atoms with van der Waals surface area (Å²) in [7, 11) is 4.63. The smallest absolute Gasteiger partial charge is 0.255 e. The Bertz CT molecular complexity index is 1610. The Hall–Kier alpha value is -3.89. The summed E-state index contributed by atoms with van der Waals surface area (Å²) in [5.74, 6) is -6.34. The highest BCUT2D eigenvalue weighted by atomic mass is 16.5. The van der Waals surface area contributed by atoms with Gasteiger partial charge in [0.15, 0.2) is 11.4 Å². The summed E-state index contributed by atoms with van der Waals surface area (Å²) >= 11 is 0. The first-order valence-corrected chi connectivity index (χ1v) is 14.0. The maximum Gasteiger partial charge on any atom is 0.255 e. The number of carbonyl (C=O) groups is 3. The average molecular weight is 579 g/mol. The van der Waals surface area contributed by atoms with Crippen molar-refractivity contribution in [3.8, 4) is 11.5 Å². The van der Waals surface area contributed by atoms with Crippen molar-refractivity contribution in [3.05, 3.63) is 51.8 Å². The highest BCUT2D eigenvalue weighted by Crippen LogP contribution is 2.55. The minimum Gasteiger partial charge on any atom is -0.508 e. The first-order valence-electron chi connectivity index (χ1n) is 14.0. The van der Waals surface area contributed by atoms with E-state index in [1.165, 1.54) is 12.0 Å². The van der Waals surface area contributed by atoms with Gasteiger partial charge in [-0.15, -0.1) is 0 Å². The van der Waals surface area contributed by atoms with E-state index in [4.69, 9.17) is 10.5 Å². The van der Waals surface area contributed by atoms with Crippen LogP contribution in [0, 0.1) is 17.3 Å². The topological polar surface area (TPSA) is 171 Å². The summed E-state index contributed by atoms with van der Waals surface area (Å²) in [5.41, 5.74) is 3.28. The lowest BCUT2D eigenvalue weighted by Crippen LogP contribution is -2.65. The Morgan fingerprint density at radius 3 is 2.38 bits per heavy atom. The van der Waals surface area contributed by atoms with Crippen molar-refractivity contribution in [2.75, 3.05) is 21.2 Å². The van der Waals surface area contributed by atoms with Crippen LogP contribution in [0.3, 0.4) is 0 Å². The molecule has 0 heterocycles. The number of phenols is 1. The number of hydrogen-bond acceptors (Lipinski definition) is 9. The lowest BCUT2D eigenvalue weighted by Gasteiger charge is -2.50. The molecule has 2 aromatic carbocycles. The number of likely N-dealkylation sites (N-methyl/N-ethyl adjacent to an activating group) is 1. The van der Waals surface area contributed by atoms with Crippen LogP contribution in [-0.2, 0) is 27.2 Å². The molecule has 5 rings (SSSR count). The maximum absolute atomic E-state index is 14.1. The van der Waals surface area contributed by atoms with Crippen molar-refractivity contribution in [2.24, 2.45) is 23.0 Å². The standard InChI is InChI=1S/C32H38N2O8/c1-31(2,3)10-9-14-7-8-16-17(11-14)24(35)21-18(27(16)42-6)12-15-13-19-23(34(4)5)26(37)22(30(33)40)29(39)32(19,41)28(38)20(15)25(21)36/h7-8,11,15,19,23,35-36,39,41H,9-10,12-13H2,1-6H3,(H2,33,40)/t15-,19-,23-,32-/m0/s1. The normalized spacial score (nSPS) is 26.0. The molecule has 10 nitrogen and oxygen atoms in total. The van der Waals surface area contributed by atoms with E-state index in [1.54, 1.807) is 14.1 Å². The molecule has 0 spiro atoms. The second kappa shape index (κ2) is 9.84. The van der Waals surface area contributed by atoms with E-state index in [-0.39, 0.29) is 35.1 Å². The fraction of sp³-hybridized carbons (Fsp3) is 0.469. The molecule has 0 aliphatic heterocycles. The molecule has 4 atom stereocenters. The van der Waals surface area contributed by atoms with Gasteiger partial charge in [-0.2, -0.15) is 0 Å². The van der Waals surface area contributed by atoms with E-state index in [9.17, 15) is 34.8 Å². The third kappa shape index (κ3) is 4.19. The van der Waals surface area contributed by atoms with Crippen molar-refractivity contribution in [1.82, 2.24) is 4.90 Å². The SMILES string of the molecule is COc1c2c(c(O)c3cc(CCC(C)(C)C)ccc13)C(O)=C1C(=O)[C@]3(O)C(O)=C(C(N)=O)C(=O)[C@@H](N(C)C)[C@@H]3C[C@@H]1C2. The minimum atomic E-state index is -2.68. The average Bonchev–Trinajstić information content (AvgIpc) is 2.89. The van der Waals surface area contributed by atoms with Gasteiger partial charge in [-0.25, -0.2) is 0 Å². The van der Waals surface area contributed by atoms with Gasteiger partial charge in [0.05, 0.1) is 18.7 Å². The quantitative estimate of drug-likeness (QED) is 0.335. The number of methoxy groups -OCH3 is 1. The van der Waals surface area contributed by atoms with Crippen molar-refractivity contribution in [1.29, 1.82) is 0 Å². The Morgan fingerprint density at radius 1 is 1.14 bits per heavy atom. The van der Waals surface area contributed by atoms with Gasteiger partial charge in [-0.3, -0.25) is 19.3 Å². The van der Waals surface area contributed by atoms with Gasteiger partial charge in [0, 0.05) is 27.8 Å². The molecule has 42 heavy (non-hydrogen) atoms. The monoisotopic (exact) mass is 578 g/mol. The fourth-order valence-electron chi connectivity index (χ4n) is 7.03. The molecule has 1 saturated carbocycles. The summed E-state index contributed by atoms with van der Waals surface area (Å²) in [4.78, 5) is 41.0. The van der Waals surface area contributed by atoms with Crippen LogP contribution >= 0.6 is 0 Å². The third-order valence-corrected chi connectivity index (χ3v) is 9.08. The Kier molecular flexibility index (Phi) is 6.94. The molecular weight excluding hydrogens is 540 g/mol. The lowest BCUT2D eigenvalue weighted by atomic mass is 9.57. The predicted octanol–water partition coefficient (Wildman–Crippen LogP) is 3.10.